The highest BCUT2D eigenvalue weighted by Crippen LogP contribution is 2.29. The maximum Gasteiger partial charge on any atom is 0.534 e. The number of nitrogens with zero attached hydrogens (tertiary/aromatic N) is 1. The molecule has 0 heterocycles. The largest absolute Gasteiger partial charge is 0.534 e. The van der Waals surface area contributed by atoms with Crippen LogP contribution in [-0.2, 0) is 9.57 Å². The fourth-order valence-electron chi connectivity index (χ4n) is 3.61. The Morgan fingerprint density at radius 3 is 2.30 bits per heavy atom. The molecule has 0 aliphatic heterocycles. The quantitative estimate of drug-likeness (QED) is 0.158. The molecule has 1 saturated carbocycles. The van der Waals surface area contributed by atoms with Crippen molar-refractivity contribution < 1.29 is 19.2 Å². The first kappa shape index (κ1) is 22.1. The zero-order chi connectivity index (χ0) is 21.2. The van der Waals surface area contributed by atoms with Crippen molar-refractivity contribution in [1.82, 2.24) is 0 Å². The summed E-state index contributed by atoms with van der Waals surface area (Å²) in [5.74, 6) is 0.380. The van der Waals surface area contributed by atoms with Crippen LogP contribution in [0.1, 0.15) is 55.3 Å². The minimum atomic E-state index is -0.924. The van der Waals surface area contributed by atoms with Gasteiger partial charge in [-0.25, -0.2) is 4.79 Å². The molecule has 5 nitrogen and oxygen atoms in total. The molecule has 2 aromatic rings. The maximum atomic E-state index is 13.0. The highest BCUT2D eigenvalue weighted by Gasteiger charge is 2.20. The van der Waals surface area contributed by atoms with Gasteiger partial charge in [-0.1, -0.05) is 67.2 Å². The number of rotatable bonds is 8. The monoisotopic (exact) mass is 425 g/mol. The number of methoxy groups -OCH3 is 1. The van der Waals surface area contributed by atoms with E-state index in [-0.39, 0.29) is 11.5 Å². The molecular formula is C24H27NO4S. The van der Waals surface area contributed by atoms with Crippen molar-refractivity contribution in [3.63, 3.8) is 0 Å². The molecule has 158 valence electrons. The van der Waals surface area contributed by atoms with E-state index in [0.717, 1.165) is 16.2 Å². The van der Waals surface area contributed by atoms with Gasteiger partial charge in [0, 0.05) is 15.4 Å². The highest BCUT2D eigenvalue weighted by molar-refractivity contribution is 7.99. The first-order valence-corrected chi connectivity index (χ1v) is 11.2. The number of hydrogen-bond donors (Lipinski definition) is 0. The second-order valence-corrected chi connectivity index (χ2v) is 8.54. The Balaban J connectivity index is 1.68. The van der Waals surface area contributed by atoms with Crippen molar-refractivity contribution in [2.45, 2.75) is 54.7 Å². The summed E-state index contributed by atoms with van der Waals surface area (Å²) in [6, 6.07) is 17.5. The third kappa shape index (κ3) is 6.73. The standard InChI is InChI=1S/C24H27NO4S/c1-28-24(27)29-25-22(17-12-18-8-4-2-5-9-18)23(26)19-13-15-21(16-14-19)30-20-10-6-3-7-11-20/h3,6-7,10-11,13-16,18H,2,4-5,8-9,12,17H2,1H3. The molecule has 0 atom stereocenters. The molecule has 2 aromatic carbocycles. The van der Waals surface area contributed by atoms with Crippen LogP contribution in [0.5, 0.6) is 0 Å². The van der Waals surface area contributed by atoms with Gasteiger partial charge in [-0.15, -0.1) is 0 Å². The first-order chi connectivity index (χ1) is 14.7. The van der Waals surface area contributed by atoms with Gasteiger partial charge in [0.25, 0.3) is 0 Å². The molecular weight excluding hydrogens is 398 g/mol. The van der Waals surface area contributed by atoms with Crippen LogP contribution in [0.2, 0.25) is 0 Å². The van der Waals surface area contributed by atoms with Crippen LogP contribution in [0.15, 0.2) is 69.5 Å². The van der Waals surface area contributed by atoms with Gasteiger partial charge in [0.1, 0.15) is 5.71 Å². The topological polar surface area (TPSA) is 65.0 Å². The Bertz CT molecular complexity index is 859. The SMILES string of the molecule is COC(=O)ON=C(CCC1CCCCC1)C(=O)c1ccc(Sc2ccccc2)cc1. The Morgan fingerprint density at radius 2 is 1.63 bits per heavy atom. The lowest BCUT2D eigenvalue weighted by molar-refractivity contribution is 0.0745. The van der Waals surface area contributed by atoms with Crippen LogP contribution in [0, 0.1) is 5.92 Å². The predicted octanol–water partition coefficient (Wildman–Crippen LogP) is 6.52. The summed E-state index contributed by atoms with van der Waals surface area (Å²) in [6.45, 7) is 0. The maximum absolute atomic E-state index is 13.0. The molecule has 6 heteroatoms. The van der Waals surface area contributed by atoms with E-state index in [1.807, 2.05) is 42.5 Å². The second kappa shape index (κ2) is 11.6. The van der Waals surface area contributed by atoms with E-state index in [4.69, 9.17) is 4.84 Å². The van der Waals surface area contributed by atoms with Gasteiger partial charge in [-0.3, -0.25) is 9.63 Å². The number of benzene rings is 2. The normalized spacial score (nSPS) is 14.9. The van der Waals surface area contributed by atoms with Gasteiger partial charge in [-0.2, -0.15) is 0 Å². The lowest BCUT2D eigenvalue weighted by atomic mass is 9.85. The molecule has 1 fully saturated rings. The zero-order valence-corrected chi connectivity index (χ0v) is 18.0. The van der Waals surface area contributed by atoms with E-state index in [1.165, 1.54) is 39.2 Å². The Hall–Kier alpha value is -2.60. The molecule has 0 amide bonds. The molecule has 1 aliphatic rings. The summed E-state index contributed by atoms with van der Waals surface area (Å²) in [5.41, 5.74) is 0.790. The molecule has 0 radical (unpaired) electrons. The van der Waals surface area contributed by atoms with Crippen LogP contribution >= 0.6 is 11.8 Å². The van der Waals surface area contributed by atoms with E-state index >= 15 is 0 Å². The first-order valence-electron chi connectivity index (χ1n) is 10.3. The molecule has 1 aliphatic carbocycles. The zero-order valence-electron chi connectivity index (χ0n) is 17.2. The molecule has 0 bridgehead atoms. The van der Waals surface area contributed by atoms with Gasteiger partial charge in [0.2, 0.25) is 5.78 Å². The average Bonchev–Trinajstić information content (AvgIpc) is 2.80. The van der Waals surface area contributed by atoms with Gasteiger partial charge >= 0.3 is 6.16 Å². The number of carbonyl (C=O) groups is 2. The summed E-state index contributed by atoms with van der Waals surface area (Å²) in [4.78, 5) is 31.3. The molecule has 0 N–H and O–H groups in total. The molecule has 0 aromatic heterocycles. The fourth-order valence-corrected chi connectivity index (χ4v) is 4.45. The van der Waals surface area contributed by atoms with Crippen LogP contribution in [0.3, 0.4) is 0 Å². The minimum absolute atomic E-state index is 0.217. The molecule has 0 saturated heterocycles. The van der Waals surface area contributed by atoms with Crippen molar-refractivity contribution >= 4 is 29.4 Å². The number of ketones is 1. The van der Waals surface area contributed by atoms with E-state index in [1.54, 1.807) is 23.9 Å². The lowest BCUT2D eigenvalue weighted by Crippen LogP contribution is -2.18. The number of Topliss-reactive ketones (excluding diaryl/α,β-unsaturated/α-hetero) is 1. The second-order valence-electron chi connectivity index (χ2n) is 7.39. The smallest absolute Gasteiger partial charge is 0.436 e. The van der Waals surface area contributed by atoms with Gasteiger partial charge in [0.05, 0.1) is 7.11 Å². The van der Waals surface area contributed by atoms with E-state index < -0.39 is 6.16 Å². The predicted molar refractivity (Wildman–Crippen MR) is 118 cm³/mol. The van der Waals surface area contributed by atoms with Gasteiger partial charge in [-0.05, 0) is 55.2 Å². The van der Waals surface area contributed by atoms with Gasteiger partial charge in [0.15, 0.2) is 0 Å². The van der Waals surface area contributed by atoms with Crippen molar-refractivity contribution in [3.8, 4) is 0 Å². The Labute approximate surface area is 181 Å². The van der Waals surface area contributed by atoms with E-state index in [9.17, 15) is 9.59 Å². The summed E-state index contributed by atoms with van der Waals surface area (Å²) in [7, 11) is 1.21. The average molecular weight is 426 g/mol. The highest BCUT2D eigenvalue weighted by atomic mass is 32.2. The fraction of sp³-hybridized carbons (Fsp3) is 0.375. The third-order valence-corrected chi connectivity index (χ3v) is 6.28. The molecule has 0 unspecified atom stereocenters. The van der Waals surface area contributed by atoms with E-state index in [2.05, 4.69) is 9.89 Å². The summed E-state index contributed by atoms with van der Waals surface area (Å²) in [5, 5.41) is 3.83. The van der Waals surface area contributed by atoms with Crippen LogP contribution in [-0.4, -0.2) is 24.8 Å². The van der Waals surface area contributed by atoms with E-state index in [0.29, 0.717) is 17.9 Å². The van der Waals surface area contributed by atoms with Crippen molar-refractivity contribution in [1.29, 1.82) is 0 Å². The number of oxime groups is 1. The lowest BCUT2D eigenvalue weighted by Gasteiger charge is -2.21. The third-order valence-electron chi connectivity index (χ3n) is 5.27. The van der Waals surface area contributed by atoms with Crippen molar-refractivity contribution in [3.05, 3.63) is 60.2 Å². The van der Waals surface area contributed by atoms with Gasteiger partial charge < -0.3 is 4.74 Å². The summed E-state index contributed by atoms with van der Waals surface area (Å²) >= 11 is 1.64. The Kier molecular flexibility index (Phi) is 8.51. The Morgan fingerprint density at radius 1 is 0.967 bits per heavy atom. The number of carbonyl (C=O) groups excluding carboxylic acids is 2. The summed E-state index contributed by atoms with van der Waals surface area (Å²) < 4.78 is 4.47. The number of hydrogen-bond acceptors (Lipinski definition) is 6. The molecule has 30 heavy (non-hydrogen) atoms. The van der Waals surface area contributed by atoms with Crippen LogP contribution in [0.25, 0.3) is 0 Å². The minimum Gasteiger partial charge on any atom is -0.436 e. The van der Waals surface area contributed by atoms with Crippen molar-refractivity contribution in [2.75, 3.05) is 7.11 Å². The molecule has 3 rings (SSSR count). The van der Waals surface area contributed by atoms with Crippen LogP contribution in [0.4, 0.5) is 4.79 Å². The molecule has 0 spiro atoms. The summed E-state index contributed by atoms with van der Waals surface area (Å²) in [6.07, 6.45) is 6.57. The van der Waals surface area contributed by atoms with Crippen molar-refractivity contribution in [2.24, 2.45) is 11.1 Å². The van der Waals surface area contributed by atoms with Crippen LogP contribution < -0.4 is 0 Å². The number of ether oxygens (including phenoxy) is 1.